The molecule has 4 nitrogen and oxygen atoms in total. The molecule has 1 aliphatic rings. The summed E-state index contributed by atoms with van der Waals surface area (Å²) in [6, 6.07) is 12.0. The number of pyridine rings is 1. The van der Waals surface area contributed by atoms with Crippen LogP contribution in [0.5, 0.6) is 0 Å². The number of anilines is 1. The van der Waals surface area contributed by atoms with Crippen molar-refractivity contribution in [3.8, 4) is 11.3 Å². The number of aromatic nitrogens is 2. The molecule has 0 spiro atoms. The van der Waals surface area contributed by atoms with Gasteiger partial charge in [-0.1, -0.05) is 31.0 Å². The molecule has 0 radical (unpaired) electrons. The molecule has 1 amide bonds. The van der Waals surface area contributed by atoms with Crippen molar-refractivity contribution in [3.05, 3.63) is 54.4 Å². The second-order valence-corrected chi connectivity index (χ2v) is 6.60. The molecule has 1 N–H and O–H groups in total. The van der Waals surface area contributed by atoms with Gasteiger partial charge in [0.1, 0.15) is 5.65 Å². The molecule has 0 bridgehead atoms. The van der Waals surface area contributed by atoms with Gasteiger partial charge in [-0.15, -0.1) is 0 Å². The number of rotatable bonds is 3. The van der Waals surface area contributed by atoms with Crippen molar-refractivity contribution in [2.24, 2.45) is 5.92 Å². The molecule has 1 saturated carbocycles. The van der Waals surface area contributed by atoms with Crippen molar-refractivity contribution in [1.29, 1.82) is 0 Å². The highest BCUT2D eigenvalue weighted by molar-refractivity contribution is 5.92. The lowest BCUT2D eigenvalue weighted by atomic mass is 10.1. The average molecular weight is 319 g/mol. The zero-order valence-electron chi connectivity index (χ0n) is 13.8. The number of hydrogen-bond acceptors (Lipinski definition) is 2. The summed E-state index contributed by atoms with van der Waals surface area (Å²) in [5.41, 5.74) is 4.99. The maximum atomic E-state index is 12.2. The van der Waals surface area contributed by atoms with E-state index in [0.717, 1.165) is 41.0 Å². The van der Waals surface area contributed by atoms with E-state index in [1.807, 2.05) is 47.1 Å². The third kappa shape index (κ3) is 2.80. The molecule has 0 unspecified atom stereocenters. The van der Waals surface area contributed by atoms with Gasteiger partial charge in [0, 0.05) is 29.6 Å². The zero-order chi connectivity index (χ0) is 16.5. The molecule has 3 aromatic rings. The first-order valence-corrected chi connectivity index (χ1v) is 8.56. The lowest BCUT2D eigenvalue weighted by Gasteiger charge is -2.10. The van der Waals surface area contributed by atoms with Gasteiger partial charge in [0.05, 0.1) is 5.69 Å². The summed E-state index contributed by atoms with van der Waals surface area (Å²) in [7, 11) is 0. The zero-order valence-corrected chi connectivity index (χ0v) is 13.8. The third-order valence-corrected chi connectivity index (χ3v) is 4.85. The van der Waals surface area contributed by atoms with Crippen molar-refractivity contribution in [1.82, 2.24) is 9.38 Å². The fourth-order valence-corrected chi connectivity index (χ4v) is 3.45. The number of hydrogen-bond donors (Lipinski definition) is 1. The number of carbonyl (C=O) groups is 1. The molecular weight excluding hydrogens is 298 g/mol. The Morgan fingerprint density at radius 2 is 1.92 bits per heavy atom. The van der Waals surface area contributed by atoms with Crippen LogP contribution in [0.4, 0.5) is 5.69 Å². The first kappa shape index (κ1) is 14.9. The van der Waals surface area contributed by atoms with Crippen LogP contribution in [0.2, 0.25) is 0 Å². The number of fused-ring (bicyclic) bond motifs is 1. The van der Waals surface area contributed by atoms with E-state index in [4.69, 9.17) is 4.98 Å². The fraction of sp³-hybridized carbons (Fsp3) is 0.300. The van der Waals surface area contributed by atoms with Gasteiger partial charge in [-0.25, -0.2) is 4.98 Å². The highest BCUT2D eigenvalue weighted by Crippen LogP contribution is 2.27. The predicted molar refractivity (Wildman–Crippen MR) is 96.0 cm³/mol. The van der Waals surface area contributed by atoms with Crippen LogP contribution in [0, 0.1) is 12.8 Å². The van der Waals surface area contributed by atoms with Crippen LogP contribution in [0.25, 0.3) is 16.9 Å². The summed E-state index contributed by atoms with van der Waals surface area (Å²) in [5, 5.41) is 3.03. The maximum absolute atomic E-state index is 12.2. The number of aryl methyl sites for hydroxylation is 1. The first-order chi connectivity index (χ1) is 11.7. The summed E-state index contributed by atoms with van der Waals surface area (Å²) in [6.07, 6.45) is 8.42. The van der Waals surface area contributed by atoms with Crippen molar-refractivity contribution in [2.45, 2.75) is 32.6 Å². The molecule has 122 valence electrons. The van der Waals surface area contributed by atoms with E-state index < -0.39 is 0 Å². The van der Waals surface area contributed by atoms with Gasteiger partial charge >= 0.3 is 0 Å². The number of imidazole rings is 1. The van der Waals surface area contributed by atoms with Gasteiger partial charge in [0.2, 0.25) is 5.91 Å². The smallest absolute Gasteiger partial charge is 0.227 e. The quantitative estimate of drug-likeness (QED) is 0.776. The standard InChI is InChI=1S/C20H21N3O/c1-14-5-4-12-23-13-18(22-19(14)23)15-8-10-17(11-9-15)21-20(24)16-6-2-3-7-16/h4-5,8-13,16H,2-3,6-7H2,1H3,(H,21,24). The Morgan fingerprint density at radius 1 is 1.17 bits per heavy atom. The van der Waals surface area contributed by atoms with Crippen molar-refractivity contribution in [2.75, 3.05) is 5.32 Å². The lowest BCUT2D eigenvalue weighted by molar-refractivity contribution is -0.119. The number of nitrogens with zero attached hydrogens (tertiary/aromatic N) is 2. The molecule has 1 aliphatic carbocycles. The molecule has 2 heterocycles. The monoisotopic (exact) mass is 319 g/mol. The summed E-state index contributed by atoms with van der Waals surface area (Å²) < 4.78 is 2.04. The molecule has 0 atom stereocenters. The first-order valence-electron chi connectivity index (χ1n) is 8.56. The van der Waals surface area contributed by atoms with E-state index >= 15 is 0 Å². The Kier molecular flexibility index (Phi) is 3.81. The summed E-state index contributed by atoms with van der Waals surface area (Å²) in [4.78, 5) is 16.9. The van der Waals surface area contributed by atoms with Crippen molar-refractivity contribution in [3.63, 3.8) is 0 Å². The van der Waals surface area contributed by atoms with Crippen LogP contribution in [-0.2, 0) is 4.79 Å². The van der Waals surface area contributed by atoms with E-state index in [-0.39, 0.29) is 11.8 Å². The molecule has 4 heteroatoms. The number of amides is 1. The van der Waals surface area contributed by atoms with Gasteiger partial charge in [0.25, 0.3) is 0 Å². The second-order valence-electron chi connectivity index (χ2n) is 6.60. The van der Waals surface area contributed by atoms with Gasteiger partial charge < -0.3 is 9.72 Å². The molecule has 0 aliphatic heterocycles. The number of carbonyl (C=O) groups excluding carboxylic acids is 1. The van der Waals surface area contributed by atoms with Crippen LogP contribution in [-0.4, -0.2) is 15.3 Å². The van der Waals surface area contributed by atoms with E-state index in [1.165, 1.54) is 12.8 Å². The Balaban J connectivity index is 1.54. The average Bonchev–Trinajstić information content (AvgIpc) is 3.26. The van der Waals surface area contributed by atoms with E-state index in [2.05, 4.69) is 18.3 Å². The van der Waals surface area contributed by atoms with E-state index in [1.54, 1.807) is 0 Å². The van der Waals surface area contributed by atoms with Crippen molar-refractivity contribution < 1.29 is 4.79 Å². The van der Waals surface area contributed by atoms with Crippen molar-refractivity contribution >= 4 is 17.2 Å². The minimum absolute atomic E-state index is 0.156. The Bertz CT molecular complexity index is 874. The highest BCUT2D eigenvalue weighted by atomic mass is 16.1. The third-order valence-electron chi connectivity index (χ3n) is 4.85. The number of nitrogens with one attached hydrogen (secondary N) is 1. The maximum Gasteiger partial charge on any atom is 0.227 e. The minimum atomic E-state index is 0.156. The summed E-state index contributed by atoms with van der Waals surface area (Å²) >= 11 is 0. The molecule has 24 heavy (non-hydrogen) atoms. The number of benzene rings is 1. The van der Waals surface area contributed by atoms with Crippen LogP contribution < -0.4 is 5.32 Å². The Morgan fingerprint density at radius 3 is 2.62 bits per heavy atom. The topological polar surface area (TPSA) is 46.4 Å². The fourth-order valence-electron chi connectivity index (χ4n) is 3.45. The van der Waals surface area contributed by atoms with Gasteiger partial charge in [-0.3, -0.25) is 4.79 Å². The molecule has 1 fully saturated rings. The summed E-state index contributed by atoms with van der Waals surface area (Å²) in [6.45, 7) is 2.06. The molecular formula is C20H21N3O. The predicted octanol–water partition coefficient (Wildman–Crippen LogP) is 4.44. The minimum Gasteiger partial charge on any atom is -0.326 e. The van der Waals surface area contributed by atoms with Crippen LogP contribution in [0.3, 0.4) is 0 Å². The molecule has 0 saturated heterocycles. The Hall–Kier alpha value is -2.62. The van der Waals surface area contributed by atoms with Crippen LogP contribution in [0.15, 0.2) is 48.8 Å². The normalized spacial score (nSPS) is 15.0. The van der Waals surface area contributed by atoms with Gasteiger partial charge in [-0.05, 0) is 43.5 Å². The lowest BCUT2D eigenvalue weighted by Crippen LogP contribution is -2.20. The van der Waals surface area contributed by atoms with Gasteiger partial charge in [-0.2, -0.15) is 0 Å². The van der Waals surface area contributed by atoms with Crippen LogP contribution in [0.1, 0.15) is 31.2 Å². The highest BCUT2D eigenvalue weighted by Gasteiger charge is 2.22. The van der Waals surface area contributed by atoms with Gasteiger partial charge in [0.15, 0.2) is 0 Å². The largest absolute Gasteiger partial charge is 0.326 e. The van der Waals surface area contributed by atoms with E-state index in [9.17, 15) is 4.79 Å². The van der Waals surface area contributed by atoms with Crippen LogP contribution >= 0.6 is 0 Å². The molecule has 1 aromatic carbocycles. The molecule has 2 aromatic heterocycles. The Labute approximate surface area is 141 Å². The molecule has 4 rings (SSSR count). The second kappa shape index (κ2) is 6.11. The van der Waals surface area contributed by atoms with E-state index in [0.29, 0.717) is 0 Å². The summed E-state index contributed by atoms with van der Waals surface area (Å²) in [5.74, 6) is 0.342. The SMILES string of the molecule is Cc1cccn2cc(-c3ccc(NC(=O)C4CCCC4)cc3)nc12.